The van der Waals surface area contributed by atoms with E-state index in [9.17, 15) is 10.1 Å². The second-order valence-electron chi connectivity index (χ2n) is 6.60. The molecule has 0 unspecified atom stereocenters. The smallest absolute Gasteiger partial charge is 0.400 e. The minimum absolute atomic E-state index is 0.0120. The fraction of sp³-hybridized carbons (Fsp3) is 0.533. The zero-order valence-corrected chi connectivity index (χ0v) is 15.3. The minimum atomic E-state index is -0.613. The first-order valence-electron chi connectivity index (χ1n) is 7.51. The zero-order chi connectivity index (χ0) is 18.1. The summed E-state index contributed by atoms with van der Waals surface area (Å²) in [4.78, 5) is 11.4. The summed E-state index contributed by atoms with van der Waals surface area (Å²) in [6, 6.07) is 2.02. The zero-order valence-electron chi connectivity index (χ0n) is 14.5. The lowest BCUT2D eigenvalue weighted by molar-refractivity contribution is -0.109. The Morgan fingerprint density at radius 1 is 1.42 bits per heavy atom. The number of hydrogen-bond acceptors (Lipinski definition) is 7. The number of nitriles is 1. The Morgan fingerprint density at radius 3 is 2.50 bits per heavy atom. The van der Waals surface area contributed by atoms with Crippen LogP contribution in [0.3, 0.4) is 0 Å². The van der Waals surface area contributed by atoms with E-state index in [2.05, 4.69) is 10.2 Å². The van der Waals surface area contributed by atoms with Gasteiger partial charge in [-0.05, 0) is 39.2 Å². The molecule has 0 aliphatic carbocycles. The van der Waals surface area contributed by atoms with Gasteiger partial charge in [0.25, 0.3) is 0 Å². The number of carbonyl (C=O) groups is 1. The molecular weight excluding hydrogens is 327 g/mol. The van der Waals surface area contributed by atoms with Crippen LogP contribution >= 0.6 is 11.8 Å². The molecule has 0 radical (unpaired) electrons. The molecule has 0 aromatic carbocycles. The van der Waals surface area contributed by atoms with Crippen LogP contribution in [0, 0.1) is 11.3 Å². The van der Waals surface area contributed by atoms with Crippen LogP contribution in [0.15, 0.2) is 5.47 Å². The molecule has 128 valence electrons. The molecule has 0 bridgehead atoms. The van der Waals surface area contributed by atoms with Crippen LogP contribution < -0.4 is 5.73 Å². The largest absolute Gasteiger partial charge is 0.491 e. The van der Waals surface area contributed by atoms with Gasteiger partial charge < -0.3 is 15.0 Å². The molecule has 7 nitrogen and oxygen atoms in total. The maximum Gasteiger partial charge on any atom is 0.491 e. The normalized spacial score (nSPS) is 19.3. The topological polar surface area (TPSA) is 114 Å². The molecular formula is C15H21BN4O3S. The number of rotatable bonds is 4. The van der Waals surface area contributed by atoms with Crippen LogP contribution in [0.25, 0.3) is 6.08 Å². The Balaban J connectivity index is 2.37. The highest BCUT2D eigenvalue weighted by Gasteiger charge is 2.52. The standard InChI is InChI=1S/C15H21BN4O3S/c1-9(21)24-8-10(6-12-11(7-17)13(18)20-19-12)16-22-14(2,3)15(4,5)23-16/h6H,8H2,1-5H3,(H3,18,19,20). The quantitative estimate of drug-likeness (QED) is 0.801. The van der Waals surface area contributed by atoms with Crippen molar-refractivity contribution in [1.29, 1.82) is 5.26 Å². The molecule has 2 rings (SSSR count). The van der Waals surface area contributed by atoms with Gasteiger partial charge in [0, 0.05) is 12.7 Å². The summed E-state index contributed by atoms with van der Waals surface area (Å²) in [7, 11) is -0.613. The molecule has 0 saturated carbocycles. The van der Waals surface area contributed by atoms with Gasteiger partial charge in [0.15, 0.2) is 10.9 Å². The molecule has 24 heavy (non-hydrogen) atoms. The van der Waals surface area contributed by atoms with Gasteiger partial charge in [-0.15, -0.1) is 0 Å². The van der Waals surface area contributed by atoms with E-state index in [1.807, 2.05) is 33.8 Å². The lowest BCUT2D eigenvalue weighted by atomic mass is 9.78. The van der Waals surface area contributed by atoms with E-state index in [-0.39, 0.29) is 16.5 Å². The highest BCUT2D eigenvalue weighted by Crippen LogP contribution is 2.39. The number of aromatic nitrogens is 2. The van der Waals surface area contributed by atoms with Crippen LogP contribution in [0.4, 0.5) is 5.82 Å². The van der Waals surface area contributed by atoms with E-state index >= 15 is 0 Å². The van der Waals surface area contributed by atoms with E-state index in [1.54, 1.807) is 6.08 Å². The van der Waals surface area contributed by atoms with E-state index in [0.29, 0.717) is 11.4 Å². The number of nitrogens with one attached hydrogen (secondary N) is 1. The summed E-state index contributed by atoms with van der Waals surface area (Å²) in [6.07, 6.45) is 1.72. The van der Waals surface area contributed by atoms with Gasteiger partial charge in [0.2, 0.25) is 0 Å². The van der Waals surface area contributed by atoms with Crippen LogP contribution in [-0.2, 0) is 14.1 Å². The van der Waals surface area contributed by atoms with Crippen molar-refractivity contribution in [2.45, 2.75) is 45.8 Å². The highest BCUT2D eigenvalue weighted by atomic mass is 32.2. The first-order valence-corrected chi connectivity index (χ1v) is 8.49. The van der Waals surface area contributed by atoms with Gasteiger partial charge in [-0.25, -0.2) is 0 Å². The summed E-state index contributed by atoms with van der Waals surface area (Å²) in [6.45, 7) is 9.33. The van der Waals surface area contributed by atoms with Crippen LogP contribution in [-0.4, -0.2) is 39.4 Å². The van der Waals surface area contributed by atoms with E-state index in [1.165, 1.54) is 6.92 Å². The van der Waals surface area contributed by atoms with Gasteiger partial charge in [-0.3, -0.25) is 9.89 Å². The third kappa shape index (κ3) is 3.66. The first-order chi connectivity index (χ1) is 11.1. The number of H-pyrrole nitrogens is 1. The summed E-state index contributed by atoms with van der Waals surface area (Å²) >= 11 is 1.15. The molecule has 1 saturated heterocycles. The van der Waals surface area contributed by atoms with Crippen molar-refractivity contribution in [3.05, 3.63) is 16.7 Å². The SMILES string of the molecule is CC(=O)SCC(=Cc1[nH]nc(N)c1C#N)B1OC(C)(C)C(C)(C)O1. The minimum Gasteiger partial charge on any atom is -0.400 e. The summed E-state index contributed by atoms with van der Waals surface area (Å²) < 4.78 is 12.1. The number of anilines is 1. The molecule has 1 aromatic rings. The maximum atomic E-state index is 11.4. The Bertz CT molecular complexity index is 705. The molecule has 2 heterocycles. The Labute approximate surface area is 146 Å². The highest BCUT2D eigenvalue weighted by molar-refractivity contribution is 8.13. The Kier molecular flexibility index (Phi) is 5.13. The summed E-state index contributed by atoms with van der Waals surface area (Å²) in [5.74, 6) is 0.520. The third-order valence-corrected chi connectivity index (χ3v) is 5.15. The van der Waals surface area contributed by atoms with Gasteiger partial charge >= 0.3 is 7.12 Å². The summed E-state index contributed by atoms with van der Waals surface area (Å²) in [5.41, 5.74) is 6.15. The van der Waals surface area contributed by atoms with Gasteiger partial charge in [-0.2, -0.15) is 10.4 Å². The fourth-order valence-electron chi connectivity index (χ4n) is 2.13. The van der Waals surface area contributed by atoms with Crippen LogP contribution in [0.2, 0.25) is 0 Å². The molecule has 1 aromatic heterocycles. The molecule has 9 heteroatoms. The Hall–Kier alpha value is -1.76. The molecule has 0 spiro atoms. The second kappa shape index (κ2) is 6.63. The van der Waals surface area contributed by atoms with E-state index in [4.69, 9.17) is 15.0 Å². The van der Waals surface area contributed by atoms with Crippen LogP contribution in [0.1, 0.15) is 45.9 Å². The lowest BCUT2D eigenvalue weighted by Gasteiger charge is -2.32. The van der Waals surface area contributed by atoms with Crippen molar-refractivity contribution in [2.75, 3.05) is 11.5 Å². The average molecular weight is 348 g/mol. The third-order valence-electron chi connectivity index (χ3n) is 4.26. The summed E-state index contributed by atoms with van der Waals surface area (Å²) in [5, 5.41) is 15.8. The number of thioether (sulfide) groups is 1. The molecule has 1 aliphatic rings. The van der Waals surface area contributed by atoms with Crippen molar-refractivity contribution < 1.29 is 14.1 Å². The monoisotopic (exact) mass is 348 g/mol. The van der Waals surface area contributed by atoms with Crippen LogP contribution in [0.5, 0.6) is 0 Å². The van der Waals surface area contributed by atoms with E-state index in [0.717, 1.165) is 17.2 Å². The molecule has 3 N–H and O–H groups in total. The van der Waals surface area contributed by atoms with Crippen molar-refractivity contribution in [1.82, 2.24) is 10.2 Å². The van der Waals surface area contributed by atoms with Gasteiger partial charge in [-0.1, -0.05) is 11.8 Å². The van der Waals surface area contributed by atoms with Crippen molar-refractivity contribution in [3.63, 3.8) is 0 Å². The number of nitrogen functional groups attached to an aromatic ring is 1. The predicted octanol–water partition coefficient (Wildman–Crippen LogP) is 2.16. The van der Waals surface area contributed by atoms with Crippen molar-refractivity contribution in [2.24, 2.45) is 0 Å². The van der Waals surface area contributed by atoms with Crippen molar-refractivity contribution >= 4 is 35.9 Å². The molecule has 1 fully saturated rings. The van der Waals surface area contributed by atoms with E-state index < -0.39 is 18.3 Å². The first kappa shape index (κ1) is 18.6. The predicted molar refractivity (Wildman–Crippen MR) is 94.9 cm³/mol. The number of carbonyl (C=O) groups excluding carboxylic acids is 1. The van der Waals surface area contributed by atoms with Gasteiger partial charge in [0.05, 0.1) is 16.9 Å². The Morgan fingerprint density at radius 2 is 2.00 bits per heavy atom. The molecule has 0 amide bonds. The fourth-order valence-corrected chi connectivity index (χ4v) is 2.72. The van der Waals surface area contributed by atoms with Crippen molar-refractivity contribution in [3.8, 4) is 6.07 Å². The number of nitrogens with zero attached hydrogens (tertiary/aromatic N) is 2. The lowest BCUT2D eigenvalue weighted by Crippen LogP contribution is -2.41. The molecule has 0 atom stereocenters. The number of aromatic amines is 1. The number of hydrogen-bond donors (Lipinski definition) is 2. The maximum absolute atomic E-state index is 11.4. The average Bonchev–Trinajstić information content (AvgIpc) is 2.91. The number of nitrogens with two attached hydrogens (primary N) is 1. The second-order valence-corrected chi connectivity index (χ2v) is 7.75. The van der Waals surface area contributed by atoms with Gasteiger partial charge in [0.1, 0.15) is 11.6 Å². The molecule has 1 aliphatic heterocycles.